The average molecular weight is 635 g/mol. The van der Waals surface area contributed by atoms with Crippen molar-refractivity contribution in [1.82, 2.24) is 10.0 Å². The first-order chi connectivity index (χ1) is 16.1. The lowest BCUT2D eigenvalue weighted by molar-refractivity contribution is -0.154. The quantitative estimate of drug-likeness (QED) is 0.254. The topological polar surface area (TPSA) is 74.8 Å². The number of amides is 3. The number of hydrogen-bond acceptors (Lipinski definition) is 4. The second-order valence-electron chi connectivity index (χ2n) is 8.13. The maximum Gasteiger partial charge on any atom is 0.273 e. The molecule has 3 amide bonds. The molecule has 1 aliphatic heterocycles. The van der Waals surface area contributed by atoms with Gasteiger partial charge in [-0.3, -0.25) is 19.2 Å². The SMILES string of the molecule is O=C(CN(C(=O)c1ccc(Cl)c(Cl)c1)N1C(=O)[C@H]2C[C@@H](Br)[C@@H](Br)C[C@H]2C1=O)c1ccc(F)cc1. The van der Waals surface area contributed by atoms with Gasteiger partial charge < -0.3 is 0 Å². The van der Waals surface area contributed by atoms with Crippen molar-refractivity contribution in [3.8, 4) is 0 Å². The van der Waals surface area contributed by atoms with Crippen LogP contribution in [0.4, 0.5) is 4.39 Å². The fourth-order valence-electron chi connectivity index (χ4n) is 4.19. The summed E-state index contributed by atoms with van der Waals surface area (Å²) >= 11 is 19.1. The number of ketones is 1. The van der Waals surface area contributed by atoms with E-state index < -0.39 is 47.7 Å². The van der Waals surface area contributed by atoms with E-state index in [9.17, 15) is 23.6 Å². The van der Waals surface area contributed by atoms with Crippen LogP contribution >= 0.6 is 55.1 Å². The smallest absolute Gasteiger partial charge is 0.273 e. The second-order valence-corrected chi connectivity index (χ2v) is 11.3. The van der Waals surface area contributed by atoms with E-state index in [1.807, 2.05) is 0 Å². The van der Waals surface area contributed by atoms with Gasteiger partial charge in [0.25, 0.3) is 17.7 Å². The maximum atomic E-state index is 13.5. The Morgan fingerprint density at radius 1 is 0.912 bits per heavy atom. The number of imide groups is 1. The molecule has 2 fully saturated rings. The third-order valence-corrected chi connectivity index (χ3v) is 9.46. The molecule has 0 aromatic heterocycles. The summed E-state index contributed by atoms with van der Waals surface area (Å²) in [4.78, 5) is 53.1. The molecule has 2 aromatic rings. The molecule has 2 aliphatic rings. The van der Waals surface area contributed by atoms with Crippen LogP contribution in [0.2, 0.25) is 10.0 Å². The normalized spacial score (nSPS) is 24.2. The van der Waals surface area contributed by atoms with E-state index in [1.54, 1.807) is 0 Å². The van der Waals surface area contributed by atoms with Crippen LogP contribution in [0.3, 0.4) is 0 Å². The molecule has 178 valence electrons. The molecule has 0 bridgehead atoms. The lowest BCUT2D eigenvalue weighted by atomic mass is 9.81. The molecule has 1 heterocycles. The number of rotatable bonds is 5. The van der Waals surface area contributed by atoms with Gasteiger partial charge in [-0.05, 0) is 55.3 Å². The highest BCUT2D eigenvalue weighted by molar-refractivity contribution is 9.12. The number of fused-ring (bicyclic) bond motifs is 1. The summed E-state index contributed by atoms with van der Waals surface area (Å²) < 4.78 is 13.3. The van der Waals surface area contributed by atoms with Crippen molar-refractivity contribution in [2.45, 2.75) is 22.5 Å². The predicted octanol–water partition coefficient (Wildman–Crippen LogP) is 5.29. The zero-order valence-corrected chi connectivity index (χ0v) is 22.1. The molecule has 0 N–H and O–H groups in total. The Balaban J connectivity index is 1.71. The minimum absolute atomic E-state index is 0.0227. The van der Waals surface area contributed by atoms with Crippen molar-refractivity contribution < 1.29 is 23.6 Å². The van der Waals surface area contributed by atoms with Crippen LogP contribution in [0.5, 0.6) is 0 Å². The van der Waals surface area contributed by atoms with Gasteiger partial charge >= 0.3 is 0 Å². The number of alkyl halides is 2. The lowest BCUT2D eigenvalue weighted by Gasteiger charge is -2.30. The first-order valence-corrected chi connectivity index (χ1v) is 12.9. The molecule has 1 saturated carbocycles. The van der Waals surface area contributed by atoms with Crippen molar-refractivity contribution in [2.24, 2.45) is 11.8 Å². The number of hydrazine groups is 1. The van der Waals surface area contributed by atoms with E-state index in [0.717, 1.165) is 22.2 Å². The van der Waals surface area contributed by atoms with Gasteiger partial charge in [-0.2, -0.15) is 5.01 Å². The molecule has 0 radical (unpaired) electrons. The highest BCUT2D eigenvalue weighted by Crippen LogP contribution is 2.43. The van der Waals surface area contributed by atoms with Crippen LogP contribution in [0.15, 0.2) is 42.5 Å². The summed E-state index contributed by atoms with van der Waals surface area (Å²) in [6.45, 7) is -0.600. The Kier molecular flexibility index (Phi) is 7.47. The van der Waals surface area contributed by atoms with Gasteiger partial charge in [0, 0.05) is 20.8 Å². The van der Waals surface area contributed by atoms with Gasteiger partial charge in [0.1, 0.15) is 12.4 Å². The summed E-state index contributed by atoms with van der Waals surface area (Å²) in [6, 6.07) is 8.90. The number of nitrogens with zero attached hydrogens (tertiary/aromatic N) is 2. The maximum absolute atomic E-state index is 13.5. The largest absolute Gasteiger partial charge is 0.292 e. The summed E-state index contributed by atoms with van der Waals surface area (Å²) in [5, 5.41) is 1.96. The van der Waals surface area contributed by atoms with Crippen molar-refractivity contribution in [3.63, 3.8) is 0 Å². The molecule has 1 saturated heterocycles. The zero-order valence-electron chi connectivity index (χ0n) is 17.4. The van der Waals surface area contributed by atoms with Crippen molar-refractivity contribution in [2.75, 3.05) is 6.54 Å². The lowest BCUT2D eigenvalue weighted by Crippen LogP contribution is -2.52. The Labute approximate surface area is 221 Å². The number of carbonyl (C=O) groups excluding carboxylic acids is 4. The van der Waals surface area contributed by atoms with Crippen LogP contribution in [0.25, 0.3) is 0 Å². The number of halogens is 5. The number of carbonyl (C=O) groups is 4. The first kappa shape index (κ1) is 25.3. The Morgan fingerprint density at radius 2 is 1.44 bits per heavy atom. The first-order valence-electron chi connectivity index (χ1n) is 10.3. The molecule has 11 heteroatoms. The number of Topliss-reactive ketones (excluding diaryl/α,β-unsaturated/α-hetero) is 1. The van der Waals surface area contributed by atoms with Gasteiger partial charge in [-0.25, -0.2) is 9.40 Å². The number of hydrogen-bond donors (Lipinski definition) is 0. The van der Waals surface area contributed by atoms with E-state index in [1.165, 1.54) is 30.3 Å². The summed E-state index contributed by atoms with van der Waals surface area (Å²) in [6.07, 6.45) is 0.810. The molecule has 4 rings (SSSR count). The molecular formula is C23H17Br2Cl2FN2O4. The molecule has 0 spiro atoms. The third kappa shape index (κ3) is 4.80. The van der Waals surface area contributed by atoms with Gasteiger partial charge in [0.2, 0.25) is 0 Å². The summed E-state index contributed by atoms with van der Waals surface area (Å²) in [5.41, 5.74) is 0.180. The molecule has 4 atom stereocenters. The second kappa shape index (κ2) is 10.0. The molecule has 6 nitrogen and oxygen atoms in total. The van der Waals surface area contributed by atoms with E-state index in [0.29, 0.717) is 12.8 Å². The fraction of sp³-hybridized carbons (Fsp3) is 0.304. The molecular weight excluding hydrogens is 618 g/mol. The molecule has 2 aromatic carbocycles. The number of benzene rings is 2. The monoisotopic (exact) mass is 632 g/mol. The Bertz CT molecular complexity index is 1150. The van der Waals surface area contributed by atoms with Crippen LogP contribution in [-0.4, -0.2) is 49.7 Å². The van der Waals surface area contributed by atoms with Crippen LogP contribution in [-0.2, 0) is 9.59 Å². The highest BCUT2D eigenvalue weighted by Gasteiger charge is 2.54. The minimum Gasteiger partial charge on any atom is -0.292 e. The van der Waals surface area contributed by atoms with E-state index in [2.05, 4.69) is 31.9 Å². The average Bonchev–Trinajstić information content (AvgIpc) is 3.03. The van der Waals surface area contributed by atoms with Gasteiger partial charge in [0.15, 0.2) is 5.78 Å². The van der Waals surface area contributed by atoms with Crippen molar-refractivity contribution >= 4 is 78.6 Å². The summed E-state index contributed by atoms with van der Waals surface area (Å²) in [7, 11) is 0. The summed E-state index contributed by atoms with van der Waals surface area (Å²) in [5.74, 6) is -4.17. The fourth-order valence-corrected chi connectivity index (χ4v) is 5.73. The van der Waals surface area contributed by atoms with Crippen LogP contribution in [0, 0.1) is 17.7 Å². The van der Waals surface area contributed by atoms with Gasteiger partial charge in [0.05, 0.1) is 21.9 Å². The highest BCUT2D eigenvalue weighted by atomic mass is 79.9. The Morgan fingerprint density at radius 3 is 1.97 bits per heavy atom. The third-order valence-electron chi connectivity index (χ3n) is 5.99. The van der Waals surface area contributed by atoms with Crippen LogP contribution < -0.4 is 0 Å². The standard InChI is InChI=1S/C23H17Br2Cl2FN2O4/c24-16-8-14-15(9-17(16)25)23(34)30(22(14)33)29(10-20(31)11-1-4-13(28)5-2-11)21(32)12-3-6-18(26)19(27)7-12/h1-7,14-17H,8-10H2/t14-,15+,16+,17-. The molecule has 34 heavy (non-hydrogen) atoms. The predicted molar refractivity (Wildman–Crippen MR) is 132 cm³/mol. The van der Waals surface area contributed by atoms with Gasteiger partial charge in [-0.1, -0.05) is 55.1 Å². The molecule has 0 unspecified atom stereocenters. The van der Waals surface area contributed by atoms with Crippen molar-refractivity contribution in [3.05, 3.63) is 69.5 Å². The van der Waals surface area contributed by atoms with Crippen molar-refractivity contribution in [1.29, 1.82) is 0 Å². The zero-order chi connectivity index (χ0) is 24.7. The molecule has 1 aliphatic carbocycles. The van der Waals surface area contributed by atoms with E-state index in [4.69, 9.17) is 23.2 Å². The minimum atomic E-state index is -0.764. The van der Waals surface area contributed by atoms with Gasteiger partial charge in [-0.15, -0.1) is 0 Å². The van der Waals surface area contributed by atoms with Crippen LogP contribution in [0.1, 0.15) is 33.6 Å². The Hall–Kier alpha value is -1.81. The van der Waals surface area contributed by atoms with E-state index >= 15 is 0 Å². The van der Waals surface area contributed by atoms with E-state index in [-0.39, 0.29) is 30.8 Å².